The number of nitrogens with zero attached hydrogens (tertiary/aromatic N) is 3. The first-order chi connectivity index (χ1) is 20.9. The van der Waals surface area contributed by atoms with E-state index in [0.717, 1.165) is 43.4 Å². The van der Waals surface area contributed by atoms with Crippen molar-refractivity contribution in [3.63, 3.8) is 0 Å². The third-order valence-electron chi connectivity index (χ3n) is 10.1. The van der Waals surface area contributed by atoms with Gasteiger partial charge in [0.15, 0.2) is 12.1 Å². The predicted molar refractivity (Wildman–Crippen MR) is 156 cm³/mol. The fourth-order valence-electron chi connectivity index (χ4n) is 7.44. The molecular weight excluding hydrogens is 572 g/mol. The van der Waals surface area contributed by atoms with Gasteiger partial charge in [0.2, 0.25) is 11.8 Å². The van der Waals surface area contributed by atoms with Crippen molar-refractivity contribution >= 4 is 29.2 Å². The van der Waals surface area contributed by atoms with Crippen LogP contribution in [0.1, 0.15) is 71.4 Å². The minimum absolute atomic E-state index is 0.0388. The van der Waals surface area contributed by atoms with Gasteiger partial charge in [-0.15, -0.1) is 0 Å². The van der Waals surface area contributed by atoms with Gasteiger partial charge >= 0.3 is 11.9 Å². The van der Waals surface area contributed by atoms with Crippen LogP contribution in [0.4, 0.5) is 8.78 Å². The second-order valence-corrected chi connectivity index (χ2v) is 14.0. The highest BCUT2D eigenvalue weighted by Crippen LogP contribution is 2.58. The molecule has 6 rings (SSSR count). The SMILES string of the molecule is COc1ccc2nc3c(nc2c1)O[C@H]1CN(C(=O)[C@H](C(C)(C)C)CC(=O)O[C@@H]2CC4CC4[C@H]2CCCCC3)[C@H](C=O)C1(F)F. The lowest BCUT2D eigenvalue weighted by Crippen LogP contribution is -2.49. The van der Waals surface area contributed by atoms with Gasteiger partial charge in [-0.3, -0.25) is 9.59 Å². The summed E-state index contributed by atoms with van der Waals surface area (Å²) in [5.41, 5.74) is 0.698. The van der Waals surface area contributed by atoms with Gasteiger partial charge in [0, 0.05) is 6.07 Å². The van der Waals surface area contributed by atoms with Crippen LogP contribution in [0, 0.1) is 29.1 Å². The summed E-state index contributed by atoms with van der Waals surface area (Å²) in [6, 6.07) is 3.13. The summed E-state index contributed by atoms with van der Waals surface area (Å²) in [4.78, 5) is 49.5. The quantitative estimate of drug-likeness (QED) is 0.338. The summed E-state index contributed by atoms with van der Waals surface area (Å²) in [6.07, 6.45) is 3.79. The van der Waals surface area contributed by atoms with Gasteiger partial charge in [0.1, 0.15) is 23.8 Å². The number of hydrogen-bond donors (Lipinski definition) is 0. The Hall–Kier alpha value is -3.37. The van der Waals surface area contributed by atoms with E-state index in [1.54, 1.807) is 39.0 Å². The molecule has 3 fully saturated rings. The summed E-state index contributed by atoms with van der Waals surface area (Å²) in [6.45, 7) is 4.81. The summed E-state index contributed by atoms with van der Waals surface area (Å²) < 4.78 is 49.0. The first-order valence-corrected chi connectivity index (χ1v) is 15.7. The Morgan fingerprint density at radius 3 is 2.57 bits per heavy atom. The van der Waals surface area contributed by atoms with Crippen molar-refractivity contribution in [2.24, 2.45) is 29.1 Å². The van der Waals surface area contributed by atoms with Gasteiger partial charge in [0.25, 0.3) is 0 Å². The number of aldehydes is 1. The second kappa shape index (κ2) is 11.5. The number of benzene rings is 1. The number of ether oxygens (including phenoxy) is 3. The lowest BCUT2D eigenvalue weighted by molar-refractivity contribution is -0.159. The summed E-state index contributed by atoms with van der Waals surface area (Å²) in [7, 11) is 1.52. The van der Waals surface area contributed by atoms with E-state index >= 15 is 8.78 Å². The van der Waals surface area contributed by atoms with Crippen LogP contribution in [0.15, 0.2) is 18.2 Å². The van der Waals surface area contributed by atoms with Crippen molar-refractivity contribution in [3.05, 3.63) is 23.9 Å². The monoisotopic (exact) mass is 613 g/mol. The van der Waals surface area contributed by atoms with Gasteiger partial charge in [-0.1, -0.05) is 33.6 Å². The van der Waals surface area contributed by atoms with Crippen LogP contribution in [0.2, 0.25) is 0 Å². The summed E-state index contributed by atoms with van der Waals surface area (Å²) >= 11 is 0. The Kier molecular flexibility index (Phi) is 8.03. The van der Waals surface area contributed by atoms with Crippen LogP contribution in [0.3, 0.4) is 0 Å². The molecule has 0 spiro atoms. The molecule has 2 aromatic rings. The minimum Gasteiger partial charge on any atom is -0.497 e. The van der Waals surface area contributed by atoms with Crippen molar-refractivity contribution in [1.82, 2.24) is 14.9 Å². The molecule has 4 aliphatic rings. The van der Waals surface area contributed by atoms with Crippen molar-refractivity contribution in [3.8, 4) is 11.6 Å². The molecule has 3 heterocycles. The predicted octanol–water partition coefficient (Wildman–Crippen LogP) is 5.17. The second-order valence-electron chi connectivity index (χ2n) is 14.0. The zero-order chi connectivity index (χ0) is 31.4. The number of rotatable bonds is 2. The summed E-state index contributed by atoms with van der Waals surface area (Å²) in [5, 5.41) is 0. The molecular formula is C33H41F2N3O6. The molecule has 11 heteroatoms. The van der Waals surface area contributed by atoms with Crippen LogP contribution in [-0.2, 0) is 25.5 Å². The number of amides is 1. The average Bonchev–Trinajstić information content (AvgIpc) is 3.57. The van der Waals surface area contributed by atoms with Crippen molar-refractivity contribution in [2.75, 3.05) is 13.7 Å². The molecule has 1 aromatic heterocycles. The highest BCUT2D eigenvalue weighted by molar-refractivity contribution is 5.87. The van der Waals surface area contributed by atoms with E-state index in [4.69, 9.17) is 19.2 Å². The molecule has 9 nitrogen and oxygen atoms in total. The average molecular weight is 614 g/mol. The highest BCUT2D eigenvalue weighted by Gasteiger charge is 2.61. The van der Waals surface area contributed by atoms with E-state index < -0.39 is 47.8 Å². The number of esters is 1. The smallest absolute Gasteiger partial charge is 0.312 e. The molecule has 1 aromatic carbocycles. The third kappa shape index (κ3) is 5.74. The first kappa shape index (κ1) is 30.6. The molecule has 2 unspecified atom stereocenters. The van der Waals surface area contributed by atoms with Gasteiger partial charge in [-0.05, 0) is 67.4 Å². The maximum Gasteiger partial charge on any atom is 0.312 e. The molecule has 44 heavy (non-hydrogen) atoms. The number of aryl methyl sites for hydroxylation is 1. The lowest BCUT2D eigenvalue weighted by Gasteiger charge is -2.34. The molecule has 238 valence electrons. The normalized spacial score (nSPS) is 32.4. The van der Waals surface area contributed by atoms with E-state index in [1.165, 1.54) is 7.11 Å². The van der Waals surface area contributed by atoms with Crippen LogP contribution in [0.5, 0.6) is 11.6 Å². The summed E-state index contributed by atoms with van der Waals surface area (Å²) in [5.74, 6) is -3.93. The molecule has 1 saturated heterocycles. The maximum absolute atomic E-state index is 15.9. The number of hydrogen-bond acceptors (Lipinski definition) is 8. The van der Waals surface area contributed by atoms with E-state index in [0.29, 0.717) is 46.7 Å². The zero-order valence-corrected chi connectivity index (χ0v) is 25.8. The number of halogens is 2. The lowest BCUT2D eigenvalue weighted by atomic mass is 9.77. The minimum atomic E-state index is -3.70. The number of alkyl halides is 2. The Bertz CT molecular complexity index is 1440. The van der Waals surface area contributed by atoms with Gasteiger partial charge in [-0.2, -0.15) is 8.78 Å². The number of carbonyl (C=O) groups excluding carboxylic acids is 3. The van der Waals surface area contributed by atoms with Crippen molar-refractivity contribution in [1.29, 1.82) is 0 Å². The number of methoxy groups -OCH3 is 1. The van der Waals surface area contributed by atoms with Gasteiger partial charge < -0.3 is 23.9 Å². The molecule has 0 radical (unpaired) electrons. The molecule has 2 aliphatic carbocycles. The maximum atomic E-state index is 15.9. The first-order valence-electron chi connectivity index (χ1n) is 15.7. The van der Waals surface area contributed by atoms with E-state index in [-0.39, 0.29) is 24.7 Å². The van der Waals surface area contributed by atoms with E-state index in [1.807, 2.05) is 0 Å². The Morgan fingerprint density at radius 1 is 1.05 bits per heavy atom. The standard InChI is InChI=1S/C33H41F2N3O6/c1-32(2,3)22-15-29(40)43-26-13-18-12-21(18)20(26)8-6-5-7-9-24-30(37-25-14-19(42-4)10-11-23(25)36-24)44-28-16-38(31(22)41)27(17-39)33(28,34)35/h10-11,14,17-18,20-22,26-28H,5-9,12-13,15-16H2,1-4H3/t18?,20-,21?,22-,26-,27-,28+/m1/s1. The van der Waals surface area contributed by atoms with Crippen LogP contribution in [0.25, 0.3) is 11.0 Å². The molecule has 2 aliphatic heterocycles. The number of carbonyl (C=O) groups is 3. The van der Waals surface area contributed by atoms with E-state index in [9.17, 15) is 14.4 Å². The number of fused-ring (bicyclic) bond motifs is 7. The number of aromatic nitrogens is 2. The Labute approximate surface area is 256 Å². The molecule has 0 N–H and O–H groups in total. The van der Waals surface area contributed by atoms with Crippen LogP contribution < -0.4 is 9.47 Å². The van der Waals surface area contributed by atoms with Crippen LogP contribution >= 0.6 is 0 Å². The van der Waals surface area contributed by atoms with E-state index in [2.05, 4.69) is 4.98 Å². The van der Waals surface area contributed by atoms with Gasteiger partial charge in [0.05, 0.1) is 37.0 Å². The third-order valence-corrected chi connectivity index (χ3v) is 10.1. The zero-order valence-electron chi connectivity index (χ0n) is 25.8. The fourth-order valence-corrected chi connectivity index (χ4v) is 7.44. The van der Waals surface area contributed by atoms with Gasteiger partial charge in [-0.25, -0.2) is 9.97 Å². The molecule has 2 bridgehead atoms. The van der Waals surface area contributed by atoms with Crippen molar-refractivity contribution in [2.45, 2.75) is 96.3 Å². The Morgan fingerprint density at radius 2 is 1.84 bits per heavy atom. The van der Waals surface area contributed by atoms with Crippen molar-refractivity contribution < 1.29 is 37.4 Å². The molecule has 2 saturated carbocycles. The fraction of sp³-hybridized carbons (Fsp3) is 0.667. The largest absolute Gasteiger partial charge is 0.497 e. The Balaban J connectivity index is 1.37. The molecule has 7 atom stereocenters. The molecule has 1 amide bonds. The topological polar surface area (TPSA) is 108 Å². The van der Waals surface area contributed by atoms with Crippen LogP contribution in [-0.4, -0.2) is 70.9 Å². The highest BCUT2D eigenvalue weighted by atomic mass is 19.3.